The second-order valence-corrected chi connectivity index (χ2v) is 7.62. The maximum atomic E-state index is 12.6. The Bertz CT molecular complexity index is 731. The van der Waals surface area contributed by atoms with Crippen molar-refractivity contribution in [1.82, 2.24) is 16.0 Å². The van der Waals surface area contributed by atoms with E-state index in [0.717, 1.165) is 11.1 Å². The number of carbonyl (C=O) groups is 2. The summed E-state index contributed by atoms with van der Waals surface area (Å²) in [4.78, 5) is 24.6. The van der Waals surface area contributed by atoms with Crippen molar-refractivity contribution >= 4 is 11.9 Å². The van der Waals surface area contributed by atoms with Gasteiger partial charge in [0.05, 0.1) is 12.1 Å². The van der Waals surface area contributed by atoms with Crippen LogP contribution < -0.4 is 16.0 Å². The largest absolute Gasteiger partial charge is 0.341 e. The summed E-state index contributed by atoms with van der Waals surface area (Å²) < 4.78 is 0. The molecule has 3 amide bonds. The van der Waals surface area contributed by atoms with Gasteiger partial charge in [-0.15, -0.1) is 0 Å². The van der Waals surface area contributed by atoms with Gasteiger partial charge < -0.3 is 16.0 Å². The normalized spacial score (nSPS) is 14.5. The zero-order valence-electron chi connectivity index (χ0n) is 16.4. The first-order valence-electron chi connectivity index (χ1n) is 10.0. The third kappa shape index (κ3) is 5.12. The molecule has 0 saturated heterocycles. The second kappa shape index (κ2) is 9.40. The van der Waals surface area contributed by atoms with Gasteiger partial charge in [-0.1, -0.05) is 73.5 Å². The minimum absolute atomic E-state index is 0.0637. The number of urea groups is 1. The number of carbonyl (C=O) groups excluding carboxylic acids is 2. The number of rotatable bonds is 7. The molecule has 0 radical (unpaired) electrons. The molecular weight excluding hydrogens is 350 g/mol. The highest BCUT2D eigenvalue weighted by atomic mass is 16.2. The van der Waals surface area contributed by atoms with E-state index in [1.54, 1.807) is 0 Å². The van der Waals surface area contributed by atoms with E-state index < -0.39 is 5.54 Å². The summed E-state index contributed by atoms with van der Waals surface area (Å²) in [5.74, 6) is 0.338. The monoisotopic (exact) mass is 379 g/mol. The van der Waals surface area contributed by atoms with Crippen LogP contribution in [0, 0.1) is 5.92 Å². The van der Waals surface area contributed by atoms with Crippen LogP contribution in [0.4, 0.5) is 4.79 Å². The Labute approximate surface area is 166 Å². The molecule has 3 rings (SSSR count). The molecule has 0 atom stereocenters. The van der Waals surface area contributed by atoms with E-state index in [0.29, 0.717) is 12.5 Å². The fourth-order valence-electron chi connectivity index (χ4n) is 3.85. The van der Waals surface area contributed by atoms with Gasteiger partial charge in [0.25, 0.3) is 0 Å². The maximum absolute atomic E-state index is 12.6. The zero-order valence-corrected chi connectivity index (χ0v) is 16.4. The van der Waals surface area contributed by atoms with Crippen LogP contribution in [-0.2, 0) is 10.3 Å². The molecule has 1 fully saturated rings. The molecule has 0 unspecified atom stereocenters. The first-order valence-corrected chi connectivity index (χ1v) is 10.0. The molecule has 28 heavy (non-hydrogen) atoms. The maximum Gasteiger partial charge on any atom is 0.315 e. The van der Waals surface area contributed by atoms with Crippen molar-refractivity contribution in [2.24, 2.45) is 5.92 Å². The average molecular weight is 380 g/mol. The van der Waals surface area contributed by atoms with Gasteiger partial charge in [0, 0.05) is 6.54 Å². The molecular formula is C23H29N3O2. The number of benzene rings is 2. The number of amides is 3. The summed E-state index contributed by atoms with van der Waals surface area (Å²) in [6.07, 6.45) is 4.84. The van der Waals surface area contributed by atoms with Gasteiger partial charge in [0.1, 0.15) is 0 Å². The summed E-state index contributed by atoms with van der Waals surface area (Å²) in [5, 5.41) is 8.64. The van der Waals surface area contributed by atoms with Crippen molar-refractivity contribution in [1.29, 1.82) is 0 Å². The van der Waals surface area contributed by atoms with Gasteiger partial charge in [-0.25, -0.2) is 4.79 Å². The lowest BCUT2D eigenvalue weighted by Gasteiger charge is -2.32. The van der Waals surface area contributed by atoms with E-state index in [1.807, 2.05) is 67.6 Å². The van der Waals surface area contributed by atoms with Crippen LogP contribution in [-0.4, -0.2) is 25.0 Å². The molecule has 1 aliphatic rings. The highest BCUT2D eigenvalue weighted by molar-refractivity contribution is 5.84. The molecule has 0 bridgehead atoms. The predicted molar refractivity (Wildman–Crippen MR) is 111 cm³/mol. The second-order valence-electron chi connectivity index (χ2n) is 7.62. The van der Waals surface area contributed by atoms with Crippen molar-refractivity contribution in [2.45, 2.75) is 38.1 Å². The van der Waals surface area contributed by atoms with Gasteiger partial charge in [-0.3, -0.25) is 4.79 Å². The average Bonchev–Trinajstić information content (AvgIpc) is 3.25. The number of hydrogen-bond acceptors (Lipinski definition) is 2. The van der Waals surface area contributed by atoms with Gasteiger partial charge in [0.2, 0.25) is 5.91 Å². The highest BCUT2D eigenvalue weighted by Gasteiger charge is 2.30. The number of nitrogens with one attached hydrogen (secondary N) is 3. The Morgan fingerprint density at radius 3 is 1.96 bits per heavy atom. The molecule has 1 saturated carbocycles. The van der Waals surface area contributed by atoms with Crippen molar-refractivity contribution in [3.63, 3.8) is 0 Å². The fourth-order valence-corrected chi connectivity index (χ4v) is 3.85. The summed E-state index contributed by atoms with van der Waals surface area (Å²) in [7, 11) is 0. The van der Waals surface area contributed by atoms with Gasteiger partial charge in [-0.2, -0.15) is 0 Å². The fraction of sp³-hybridized carbons (Fsp3) is 0.391. The van der Waals surface area contributed by atoms with Crippen molar-refractivity contribution in [3.05, 3.63) is 71.8 Å². The molecule has 0 aliphatic heterocycles. The molecule has 2 aromatic rings. The Balaban J connectivity index is 1.59. The SMILES string of the molecule is CC(NC(=O)CNC(=O)NCC1CCCC1)(c1ccccc1)c1ccccc1. The quantitative estimate of drug-likeness (QED) is 0.688. The topological polar surface area (TPSA) is 70.2 Å². The van der Waals surface area contributed by atoms with Crippen LogP contribution >= 0.6 is 0 Å². The molecule has 5 nitrogen and oxygen atoms in total. The van der Waals surface area contributed by atoms with Crippen molar-refractivity contribution in [3.8, 4) is 0 Å². The first-order chi connectivity index (χ1) is 13.6. The van der Waals surface area contributed by atoms with Crippen LogP contribution in [0.2, 0.25) is 0 Å². The van der Waals surface area contributed by atoms with Gasteiger partial charge in [0.15, 0.2) is 0 Å². The molecule has 1 aliphatic carbocycles. The molecule has 148 valence electrons. The van der Waals surface area contributed by atoms with E-state index in [2.05, 4.69) is 16.0 Å². The Kier molecular flexibility index (Phi) is 6.69. The first kappa shape index (κ1) is 19.9. The van der Waals surface area contributed by atoms with Crippen LogP contribution in [0.5, 0.6) is 0 Å². The van der Waals surface area contributed by atoms with Crippen molar-refractivity contribution < 1.29 is 9.59 Å². The van der Waals surface area contributed by atoms with Crippen LogP contribution in [0.15, 0.2) is 60.7 Å². The third-order valence-corrected chi connectivity index (χ3v) is 5.53. The van der Waals surface area contributed by atoms with Gasteiger partial charge >= 0.3 is 6.03 Å². The lowest BCUT2D eigenvalue weighted by atomic mass is 9.84. The lowest BCUT2D eigenvalue weighted by Crippen LogP contribution is -2.49. The molecule has 2 aromatic carbocycles. The van der Waals surface area contributed by atoms with E-state index >= 15 is 0 Å². The highest BCUT2D eigenvalue weighted by Crippen LogP contribution is 2.29. The van der Waals surface area contributed by atoms with Crippen LogP contribution in [0.1, 0.15) is 43.7 Å². The zero-order chi connectivity index (χ0) is 19.8. The Morgan fingerprint density at radius 1 is 0.893 bits per heavy atom. The Hall–Kier alpha value is -2.82. The molecule has 0 aromatic heterocycles. The predicted octanol–water partition coefficient (Wildman–Crippen LogP) is 3.56. The molecule has 0 heterocycles. The van der Waals surface area contributed by atoms with E-state index in [1.165, 1.54) is 25.7 Å². The lowest BCUT2D eigenvalue weighted by molar-refractivity contribution is -0.121. The van der Waals surface area contributed by atoms with Crippen LogP contribution in [0.3, 0.4) is 0 Å². The van der Waals surface area contributed by atoms with E-state index in [9.17, 15) is 9.59 Å². The minimum Gasteiger partial charge on any atom is -0.341 e. The van der Waals surface area contributed by atoms with Gasteiger partial charge in [-0.05, 0) is 36.8 Å². The van der Waals surface area contributed by atoms with Crippen molar-refractivity contribution in [2.75, 3.05) is 13.1 Å². The third-order valence-electron chi connectivity index (χ3n) is 5.53. The summed E-state index contributed by atoms with van der Waals surface area (Å²) in [5.41, 5.74) is 1.29. The summed E-state index contributed by atoms with van der Waals surface area (Å²) in [6, 6.07) is 19.4. The van der Waals surface area contributed by atoms with E-state index in [4.69, 9.17) is 0 Å². The molecule has 0 spiro atoms. The van der Waals surface area contributed by atoms with Crippen LogP contribution in [0.25, 0.3) is 0 Å². The minimum atomic E-state index is -0.679. The smallest absolute Gasteiger partial charge is 0.315 e. The Morgan fingerprint density at radius 2 is 1.43 bits per heavy atom. The standard InChI is InChI=1S/C23H29N3O2/c1-23(19-12-4-2-5-13-19,20-14-6-3-7-15-20)26-21(27)17-25-22(28)24-16-18-10-8-9-11-18/h2-7,12-15,18H,8-11,16-17H2,1H3,(H,26,27)(H2,24,25,28). The molecule has 5 heteroatoms. The summed E-state index contributed by atoms with van der Waals surface area (Å²) in [6.45, 7) is 2.60. The van der Waals surface area contributed by atoms with E-state index in [-0.39, 0.29) is 18.5 Å². The summed E-state index contributed by atoms with van der Waals surface area (Å²) >= 11 is 0. The number of hydrogen-bond donors (Lipinski definition) is 3. The molecule has 3 N–H and O–H groups in total.